The Labute approximate surface area is 233 Å². The van der Waals surface area contributed by atoms with Crippen LogP contribution in [0.2, 0.25) is 5.02 Å². The van der Waals surface area contributed by atoms with Crippen LogP contribution in [-0.4, -0.2) is 61.3 Å². The van der Waals surface area contributed by atoms with Crippen LogP contribution in [-0.2, 0) is 14.3 Å². The first-order valence-corrected chi connectivity index (χ1v) is 13.4. The van der Waals surface area contributed by atoms with Crippen molar-refractivity contribution in [3.63, 3.8) is 0 Å². The van der Waals surface area contributed by atoms with E-state index in [0.29, 0.717) is 4.88 Å². The Hall–Kier alpha value is -3.90. The monoisotopic (exact) mass is 574 g/mol. The van der Waals surface area contributed by atoms with Crippen LogP contribution in [0.15, 0.2) is 42.6 Å². The van der Waals surface area contributed by atoms with E-state index in [1.165, 1.54) is 19.4 Å². The number of anilines is 2. The van der Waals surface area contributed by atoms with Crippen LogP contribution in [0.3, 0.4) is 0 Å². The Balaban J connectivity index is 1.45. The quantitative estimate of drug-likeness (QED) is 0.196. The van der Waals surface area contributed by atoms with E-state index in [-0.39, 0.29) is 40.6 Å². The average molecular weight is 575 g/mol. The number of nitrogens with one attached hydrogen (secondary N) is 1. The number of methoxy groups -OCH3 is 1. The second-order valence-corrected chi connectivity index (χ2v) is 10.0. The zero-order valence-corrected chi connectivity index (χ0v) is 22.9. The Morgan fingerprint density at radius 2 is 2.03 bits per heavy atom. The molecule has 13 heteroatoms. The lowest BCUT2D eigenvalue weighted by atomic mass is 10.0. The number of pyridine rings is 1. The molecule has 0 unspecified atom stereocenters. The number of carbonyl (C=O) groups is 2. The summed E-state index contributed by atoms with van der Waals surface area (Å²) in [5.74, 6) is -0.382. The molecule has 3 heterocycles. The van der Waals surface area contributed by atoms with E-state index in [2.05, 4.69) is 15.2 Å². The molecule has 0 bridgehead atoms. The molecule has 0 radical (unpaired) electrons. The number of carbonyl (C=O) groups excluding carboxylic acids is 2. The van der Waals surface area contributed by atoms with Crippen molar-refractivity contribution in [2.45, 2.75) is 25.8 Å². The number of rotatable bonds is 10. The lowest BCUT2D eigenvalue weighted by molar-refractivity contribution is -0.385. The summed E-state index contributed by atoms with van der Waals surface area (Å²) in [7, 11) is 1.26. The maximum atomic E-state index is 12.4. The molecule has 2 aromatic heterocycles. The molecule has 0 aliphatic carbocycles. The van der Waals surface area contributed by atoms with Gasteiger partial charge in [-0.3, -0.25) is 10.1 Å². The molecule has 1 saturated heterocycles. The highest BCUT2D eigenvalue weighted by Gasteiger charge is 2.26. The summed E-state index contributed by atoms with van der Waals surface area (Å²) in [5.41, 5.74) is 1.63. The fraction of sp³-hybridized carbons (Fsp3) is 0.346. The summed E-state index contributed by atoms with van der Waals surface area (Å²) < 4.78 is 15.3. The summed E-state index contributed by atoms with van der Waals surface area (Å²) in [6.45, 7) is 3.02. The van der Waals surface area contributed by atoms with Crippen molar-refractivity contribution < 1.29 is 28.7 Å². The van der Waals surface area contributed by atoms with Gasteiger partial charge in [0.15, 0.2) is 17.2 Å². The molecule has 1 fully saturated rings. The smallest absolute Gasteiger partial charge is 0.351 e. The molecule has 1 N–H and O–H groups in total. The number of nitro groups is 1. The van der Waals surface area contributed by atoms with Crippen molar-refractivity contribution in [3.05, 3.63) is 62.6 Å². The van der Waals surface area contributed by atoms with Gasteiger partial charge in [0.2, 0.25) is 0 Å². The van der Waals surface area contributed by atoms with E-state index in [9.17, 15) is 19.7 Å². The Bertz CT molecular complexity index is 1340. The van der Waals surface area contributed by atoms with Crippen LogP contribution in [0.25, 0.3) is 10.4 Å². The van der Waals surface area contributed by atoms with Gasteiger partial charge in [-0.2, -0.15) is 0 Å². The molecular formula is C26H27ClN4O7S. The van der Waals surface area contributed by atoms with E-state index < -0.39 is 16.9 Å². The molecule has 206 valence electrons. The minimum Gasteiger partial charge on any atom is -0.479 e. The van der Waals surface area contributed by atoms with Crippen LogP contribution >= 0.6 is 22.9 Å². The van der Waals surface area contributed by atoms with E-state index in [0.717, 1.165) is 54.3 Å². The number of esters is 2. The predicted molar refractivity (Wildman–Crippen MR) is 148 cm³/mol. The summed E-state index contributed by atoms with van der Waals surface area (Å²) >= 11 is 7.75. The SMILES string of the molecule is CCOC(=O)COc1c(C(=O)OC)sc(-c2cccc(NC3CCN(c4ccc([N+](=O)[O-])cn4)CC3)c2)c1Cl. The molecule has 0 saturated carbocycles. The zero-order valence-electron chi connectivity index (χ0n) is 21.3. The first kappa shape index (κ1) is 28.1. The number of benzene rings is 1. The minimum atomic E-state index is -0.615. The second-order valence-electron chi connectivity index (χ2n) is 8.61. The highest BCUT2D eigenvalue weighted by Crippen LogP contribution is 2.46. The van der Waals surface area contributed by atoms with E-state index >= 15 is 0 Å². The van der Waals surface area contributed by atoms with Crippen molar-refractivity contribution in [1.29, 1.82) is 0 Å². The lowest BCUT2D eigenvalue weighted by Gasteiger charge is -2.33. The molecule has 0 amide bonds. The lowest BCUT2D eigenvalue weighted by Crippen LogP contribution is -2.39. The fourth-order valence-corrected chi connectivity index (χ4v) is 5.67. The van der Waals surface area contributed by atoms with Gasteiger partial charge in [-0.05, 0) is 43.5 Å². The number of nitrogens with zero attached hydrogens (tertiary/aromatic N) is 3. The molecular weight excluding hydrogens is 548 g/mol. The van der Waals surface area contributed by atoms with Gasteiger partial charge in [-0.15, -0.1) is 11.3 Å². The van der Waals surface area contributed by atoms with Crippen molar-refractivity contribution in [1.82, 2.24) is 4.98 Å². The van der Waals surface area contributed by atoms with Crippen molar-refractivity contribution in [2.75, 3.05) is 43.6 Å². The topological polar surface area (TPSA) is 133 Å². The molecule has 1 aliphatic rings. The molecule has 39 heavy (non-hydrogen) atoms. The molecule has 4 rings (SSSR count). The average Bonchev–Trinajstić information content (AvgIpc) is 3.28. The van der Waals surface area contributed by atoms with Gasteiger partial charge in [0.25, 0.3) is 5.69 Å². The molecule has 1 aliphatic heterocycles. The van der Waals surface area contributed by atoms with Crippen LogP contribution < -0.4 is 15.0 Å². The molecule has 3 aromatic rings. The number of piperidine rings is 1. The van der Waals surface area contributed by atoms with Crippen LogP contribution in [0.1, 0.15) is 29.4 Å². The van der Waals surface area contributed by atoms with Gasteiger partial charge in [0.05, 0.1) is 23.5 Å². The first-order chi connectivity index (χ1) is 18.8. The zero-order chi connectivity index (χ0) is 27.9. The summed E-state index contributed by atoms with van der Waals surface area (Å²) in [4.78, 5) is 41.7. The Morgan fingerprint density at radius 3 is 2.67 bits per heavy atom. The Morgan fingerprint density at radius 1 is 1.26 bits per heavy atom. The predicted octanol–water partition coefficient (Wildman–Crippen LogP) is 5.18. The number of aromatic nitrogens is 1. The highest BCUT2D eigenvalue weighted by atomic mass is 35.5. The number of hydrogen-bond acceptors (Lipinski definition) is 11. The summed E-state index contributed by atoms with van der Waals surface area (Å²) in [5, 5.41) is 14.6. The third-order valence-corrected chi connectivity index (χ3v) is 7.75. The molecule has 11 nitrogen and oxygen atoms in total. The standard InChI is InChI=1S/C26H27ClN4O7S/c1-3-37-21(32)15-38-23-22(27)24(39-25(23)26(33)36-2)16-5-4-6-18(13-16)29-17-9-11-30(12-10-17)20-8-7-19(14-28-20)31(34)35/h4-8,13-14,17,29H,3,9-12,15H2,1-2H3. The maximum Gasteiger partial charge on any atom is 0.351 e. The van der Waals surface area contributed by atoms with Crippen molar-refractivity contribution in [2.24, 2.45) is 0 Å². The van der Waals surface area contributed by atoms with Crippen molar-refractivity contribution in [3.8, 4) is 16.2 Å². The normalized spacial score (nSPS) is 13.6. The number of hydrogen-bond donors (Lipinski definition) is 1. The van der Waals surface area contributed by atoms with E-state index in [4.69, 9.17) is 25.8 Å². The van der Waals surface area contributed by atoms with Gasteiger partial charge in [0, 0.05) is 30.9 Å². The largest absolute Gasteiger partial charge is 0.479 e. The van der Waals surface area contributed by atoms with Gasteiger partial charge in [-0.25, -0.2) is 14.6 Å². The van der Waals surface area contributed by atoms with Crippen LogP contribution in [0.5, 0.6) is 5.75 Å². The minimum absolute atomic E-state index is 0.0302. The molecule has 0 spiro atoms. The van der Waals surface area contributed by atoms with Gasteiger partial charge in [-0.1, -0.05) is 23.7 Å². The van der Waals surface area contributed by atoms with Crippen LogP contribution in [0, 0.1) is 10.1 Å². The van der Waals surface area contributed by atoms with Crippen LogP contribution in [0.4, 0.5) is 17.2 Å². The number of ether oxygens (including phenoxy) is 3. The third kappa shape index (κ3) is 6.76. The fourth-order valence-electron chi connectivity index (χ4n) is 4.18. The van der Waals surface area contributed by atoms with E-state index in [1.54, 1.807) is 13.0 Å². The van der Waals surface area contributed by atoms with Gasteiger partial charge in [0.1, 0.15) is 17.0 Å². The van der Waals surface area contributed by atoms with E-state index in [1.807, 2.05) is 24.3 Å². The third-order valence-electron chi connectivity index (χ3n) is 6.08. The summed E-state index contributed by atoms with van der Waals surface area (Å²) in [6.07, 6.45) is 2.97. The molecule has 0 atom stereocenters. The summed E-state index contributed by atoms with van der Waals surface area (Å²) in [6, 6.07) is 11.0. The van der Waals surface area contributed by atoms with Gasteiger partial charge < -0.3 is 24.4 Å². The first-order valence-electron chi connectivity index (χ1n) is 12.2. The van der Waals surface area contributed by atoms with Gasteiger partial charge >= 0.3 is 11.9 Å². The number of halogens is 1. The second kappa shape index (κ2) is 12.8. The highest BCUT2D eigenvalue weighted by molar-refractivity contribution is 7.18. The Kier molecular flexibility index (Phi) is 9.20. The van der Waals surface area contributed by atoms with Crippen molar-refractivity contribution >= 4 is 52.1 Å². The maximum absolute atomic E-state index is 12.4. The number of thiophene rings is 1. The molecule has 1 aromatic carbocycles.